The van der Waals surface area contributed by atoms with Crippen LogP contribution in [0.1, 0.15) is 10.6 Å². The minimum Gasteiger partial charge on any atom is -0.489 e. The van der Waals surface area contributed by atoms with Gasteiger partial charge in [-0.05, 0) is 18.2 Å². The topological polar surface area (TPSA) is 108 Å². The molecule has 0 saturated heterocycles. The van der Waals surface area contributed by atoms with Crippen LogP contribution in [-0.4, -0.2) is 29.0 Å². The highest BCUT2D eigenvalue weighted by molar-refractivity contribution is 5.91. The Bertz CT molecular complexity index is 885. The molecule has 1 N–H and O–H groups in total. The molecule has 0 aliphatic rings. The molecule has 0 aliphatic heterocycles. The molecular formula is C16H13N3O5. The lowest BCUT2D eigenvalue weighted by Gasteiger charge is -2.08. The number of furan rings is 1. The fourth-order valence-corrected chi connectivity index (χ4v) is 2.15. The van der Waals surface area contributed by atoms with Crippen molar-refractivity contribution >= 4 is 22.7 Å². The normalized spacial score (nSPS) is 10.5. The number of ether oxygens (including phenoxy) is 1. The van der Waals surface area contributed by atoms with Gasteiger partial charge in [-0.2, -0.15) is 0 Å². The van der Waals surface area contributed by atoms with Gasteiger partial charge in [0.15, 0.2) is 5.76 Å². The summed E-state index contributed by atoms with van der Waals surface area (Å²) in [6.45, 7) is 0.445. The van der Waals surface area contributed by atoms with E-state index < -0.39 is 16.7 Å². The molecule has 2 heterocycles. The average molecular weight is 327 g/mol. The van der Waals surface area contributed by atoms with E-state index in [9.17, 15) is 14.9 Å². The molecule has 0 aliphatic carbocycles. The summed E-state index contributed by atoms with van der Waals surface area (Å²) in [5, 5.41) is 14.0. The molecule has 0 fully saturated rings. The monoisotopic (exact) mass is 327 g/mol. The first-order chi connectivity index (χ1) is 11.6. The van der Waals surface area contributed by atoms with Crippen LogP contribution in [0.2, 0.25) is 0 Å². The second kappa shape index (κ2) is 6.78. The highest BCUT2D eigenvalue weighted by Crippen LogP contribution is 2.22. The van der Waals surface area contributed by atoms with Crippen molar-refractivity contribution in [1.82, 2.24) is 10.3 Å². The fourth-order valence-electron chi connectivity index (χ4n) is 2.15. The van der Waals surface area contributed by atoms with E-state index in [0.717, 1.165) is 17.0 Å². The number of hydrogen-bond donors (Lipinski definition) is 1. The third kappa shape index (κ3) is 3.32. The highest BCUT2D eigenvalue weighted by Gasteiger charge is 2.16. The predicted octanol–water partition coefficient (Wildman–Crippen LogP) is 2.54. The number of fused-ring (bicyclic) bond motifs is 1. The maximum absolute atomic E-state index is 11.8. The van der Waals surface area contributed by atoms with Crippen LogP contribution in [0.15, 0.2) is 53.1 Å². The number of hydrogen-bond acceptors (Lipinski definition) is 6. The summed E-state index contributed by atoms with van der Waals surface area (Å²) >= 11 is 0. The number of nitrogens with one attached hydrogen (secondary N) is 1. The summed E-state index contributed by atoms with van der Waals surface area (Å²) in [6, 6.07) is 11.7. The molecule has 1 amide bonds. The Morgan fingerprint density at radius 2 is 2.08 bits per heavy atom. The largest absolute Gasteiger partial charge is 0.489 e. The standard InChI is InChI=1S/C16H13N3O5/c20-16(13-6-7-14(24-13)19(21)22)18-9-10-23-12-5-1-3-11-4-2-8-17-15(11)12/h1-8H,9-10H2,(H,18,20). The van der Waals surface area contributed by atoms with E-state index in [2.05, 4.69) is 10.3 Å². The summed E-state index contributed by atoms with van der Waals surface area (Å²) in [7, 11) is 0. The first kappa shape index (κ1) is 15.5. The molecule has 0 saturated carbocycles. The molecule has 1 aromatic carbocycles. The first-order valence-corrected chi connectivity index (χ1v) is 7.14. The molecule has 0 radical (unpaired) electrons. The lowest BCUT2D eigenvalue weighted by molar-refractivity contribution is -0.402. The van der Waals surface area contributed by atoms with Crippen molar-refractivity contribution in [3.8, 4) is 5.75 Å². The minimum atomic E-state index is -0.701. The quantitative estimate of drug-likeness (QED) is 0.423. The van der Waals surface area contributed by atoms with Crippen molar-refractivity contribution in [2.45, 2.75) is 0 Å². The molecule has 0 spiro atoms. The number of aromatic nitrogens is 1. The van der Waals surface area contributed by atoms with Gasteiger partial charge in [-0.15, -0.1) is 0 Å². The van der Waals surface area contributed by atoms with Gasteiger partial charge in [0.2, 0.25) is 0 Å². The van der Waals surface area contributed by atoms with Crippen LogP contribution in [0.25, 0.3) is 10.9 Å². The van der Waals surface area contributed by atoms with E-state index in [1.165, 1.54) is 6.07 Å². The van der Waals surface area contributed by atoms with Crippen LogP contribution in [0.5, 0.6) is 5.75 Å². The number of para-hydroxylation sites is 1. The SMILES string of the molecule is O=C(NCCOc1cccc2cccnc12)c1ccc([N+](=O)[O-])o1. The van der Waals surface area contributed by atoms with E-state index in [1.807, 2.05) is 24.3 Å². The van der Waals surface area contributed by atoms with E-state index in [1.54, 1.807) is 12.3 Å². The van der Waals surface area contributed by atoms with Crippen molar-refractivity contribution in [2.24, 2.45) is 0 Å². The zero-order valence-corrected chi connectivity index (χ0v) is 12.5. The zero-order chi connectivity index (χ0) is 16.9. The lowest BCUT2D eigenvalue weighted by Crippen LogP contribution is -2.27. The molecule has 24 heavy (non-hydrogen) atoms. The van der Waals surface area contributed by atoms with E-state index in [-0.39, 0.29) is 18.9 Å². The number of pyridine rings is 1. The minimum absolute atomic E-state index is 0.117. The smallest absolute Gasteiger partial charge is 0.433 e. The Hall–Kier alpha value is -3.42. The third-order valence-corrected chi connectivity index (χ3v) is 3.24. The van der Waals surface area contributed by atoms with Crippen molar-refractivity contribution in [3.05, 3.63) is 64.5 Å². The molecule has 3 rings (SSSR count). The molecule has 0 bridgehead atoms. The van der Waals surface area contributed by atoms with E-state index >= 15 is 0 Å². The third-order valence-electron chi connectivity index (χ3n) is 3.24. The number of carbonyl (C=O) groups is 1. The van der Waals surface area contributed by atoms with Gasteiger partial charge in [0.05, 0.1) is 12.6 Å². The predicted molar refractivity (Wildman–Crippen MR) is 84.9 cm³/mol. The van der Waals surface area contributed by atoms with Gasteiger partial charge < -0.3 is 14.5 Å². The van der Waals surface area contributed by atoms with Gasteiger partial charge in [0, 0.05) is 11.6 Å². The Labute approximate surface area is 136 Å². The molecule has 122 valence electrons. The molecule has 2 aromatic heterocycles. The van der Waals surface area contributed by atoms with Crippen molar-refractivity contribution in [3.63, 3.8) is 0 Å². The highest BCUT2D eigenvalue weighted by atomic mass is 16.6. The van der Waals surface area contributed by atoms with Gasteiger partial charge >= 0.3 is 5.88 Å². The van der Waals surface area contributed by atoms with Crippen LogP contribution >= 0.6 is 0 Å². The molecule has 0 atom stereocenters. The van der Waals surface area contributed by atoms with Crippen molar-refractivity contribution in [1.29, 1.82) is 0 Å². The Kier molecular flexibility index (Phi) is 4.37. The number of benzene rings is 1. The van der Waals surface area contributed by atoms with Gasteiger partial charge in [-0.3, -0.25) is 19.9 Å². The van der Waals surface area contributed by atoms with Crippen LogP contribution in [-0.2, 0) is 0 Å². The molecular weight excluding hydrogens is 314 g/mol. The number of amides is 1. The summed E-state index contributed by atoms with van der Waals surface area (Å²) in [5.41, 5.74) is 0.744. The lowest BCUT2D eigenvalue weighted by atomic mass is 10.2. The molecule has 8 nitrogen and oxygen atoms in total. The van der Waals surface area contributed by atoms with Crippen LogP contribution in [0.4, 0.5) is 5.88 Å². The number of nitrogens with zero attached hydrogens (tertiary/aromatic N) is 2. The number of nitro groups is 1. The number of carbonyl (C=O) groups excluding carboxylic acids is 1. The fraction of sp³-hybridized carbons (Fsp3) is 0.125. The average Bonchev–Trinajstić information content (AvgIpc) is 3.09. The molecule has 8 heteroatoms. The maximum atomic E-state index is 11.8. The summed E-state index contributed by atoms with van der Waals surface area (Å²) in [5.74, 6) is -0.509. The summed E-state index contributed by atoms with van der Waals surface area (Å²) in [4.78, 5) is 25.9. The maximum Gasteiger partial charge on any atom is 0.433 e. The second-order valence-electron chi connectivity index (χ2n) is 4.83. The van der Waals surface area contributed by atoms with E-state index in [4.69, 9.17) is 9.15 Å². The van der Waals surface area contributed by atoms with Gasteiger partial charge in [-0.25, -0.2) is 0 Å². The van der Waals surface area contributed by atoms with Crippen LogP contribution < -0.4 is 10.1 Å². The molecule has 3 aromatic rings. The van der Waals surface area contributed by atoms with Gasteiger partial charge in [-0.1, -0.05) is 18.2 Å². The van der Waals surface area contributed by atoms with E-state index in [0.29, 0.717) is 5.75 Å². The zero-order valence-electron chi connectivity index (χ0n) is 12.5. The van der Waals surface area contributed by atoms with Gasteiger partial charge in [0.25, 0.3) is 5.91 Å². The Morgan fingerprint density at radius 3 is 2.88 bits per heavy atom. The van der Waals surface area contributed by atoms with Crippen molar-refractivity contribution in [2.75, 3.05) is 13.2 Å². The summed E-state index contributed by atoms with van der Waals surface area (Å²) < 4.78 is 10.5. The van der Waals surface area contributed by atoms with Crippen LogP contribution in [0.3, 0.4) is 0 Å². The Balaban J connectivity index is 1.54. The van der Waals surface area contributed by atoms with Crippen LogP contribution in [0, 0.1) is 10.1 Å². The Morgan fingerprint density at radius 1 is 1.25 bits per heavy atom. The number of rotatable bonds is 6. The second-order valence-corrected chi connectivity index (χ2v) is 4.83. The molecule has 0 unspecified atom stereocenters. The summed E-state index contributed by atoms with van der Waals surface area (Å²) in [6.07, 6.45) is 1.68. The first-order valence-electron chi connectivity index (χ1n) is 7.14. The van der Waals surface area contributed by atoms with Gasteiger partial charge in [0.1, 0.15) is 22.8 Å². The van der Waals surface area contributed by atoms with Crippen molar-refractivity contribution < 1.29 is 18.9 Å².